The van der Waals surface area contributed by atoms with Crippen LogP contribution in [0.5, 0.6) is 0 Å². The summed E-state index contributed by atoms with van der Waals surface area (Å²) in [5.41, 5.74) is 0.576. The van der Waals surface area contributed by atoms with Crippen LogP contribution < -0.4 is 5.32 Å². The van der Waals surface area contributed by atoms with Gasteiger partial charge in [-0.05, 0) is 35.9 Å². The average Bonchev–Trinajstić information content (AvgIpc) is 3.01. The molecule has 8 heteroatoms. The number of carbonyl (C=O) groups is 1. The molecule has 3 nitrogen and oxygen atoms in total. The Bertz CT molecular complexity index is 1020. The zero-order chi connectivity index (χ0) is 19.7. The summed E-state index contributed by atoms with van der Waals surface area (Å²) in [7, 11) is 1.54. The third kappa shape index (κ3) is 4.12. The molecule has 27 heavy (non-hydrogen) atoms. The number of alkyl halides is 2. The highest BCUT2D eigenvalue weighted by Crippen LogP contribution is 2.34. The molecule has 0 saturated carbocycles. The van der Waals surface area contributed by atoms with Crippen molar-refractivity contribution in [2.45, 2.75) is 6.43 Å². The number of aromatic nitrogens is 1. The molecule has 0 bridgehead atoms. The molecule has 2 aromatic carbocycles. The van der Waals surface area contributed by atoms with Crippen molar-refractivity contribution < 1.29 is 18.0 Å². The maximum atomic E-state index is 13.8. The van der Waals surface area contributed by atoms with Crippen LogP contribution in [-0.4, -0.2) is 10.5 Å². The second kappa shape index (κ2) is 7.66. The number of rotatable bonds is 4. The van der Waals surface area contributed by atoms with E-state index in [4.69, 9.17) is 23.2 Å². The number of nitrogens with zero attached hydrogens (tertiary/aromatic N) is 1. The van der Waals surface area contributed by atoms with Crippen LogP contribution in [0.15, 0.2) is 48.8 Å². The van der Waals surface area contributed by atoms with Gasteiger partial charge in [0.1, 0.15) is 5.82 Å². The predicted molar refractivity (Wildman–Crippen MR) is 100 cm³/mol. The van der Waals surface area contributed by atoms with Crippen LogP contribution in [0.25, 0.3) is 11.1 Å². The molecule has 1 amide bonds. The summed E-state index contributed by atoms with van der Waals surface area (Å²) in [6.45, 7) is 0. The molecular weight excluding hydrogens is 400 g/mol. The summed E-state index contributed by atoms with van der Waals surface area (Å²) in [4.78, 5) is 12.5. The lowest BCUT2D eigenvalue weighted by molar-refractivity contribution is 0.101. The summed E-state index contributed by atoms with van der Waals surface area (Å²) in [5.74, 6) is -1.25. The lowest BCUT2D eigenvalue weighted by atomic mass is 10.0. The number of hydrogen-bond acceptors (Lipinski definition) is 1. The zero-order valence-electron chi connectivity index (χ0n) is 13.9. The third-order valence-corrected chi connectivity index (χ3v) is 4.67. The number of aryl methyl sites for hydroxylation is 1. The summed E-state index contributed by atoms with van der Waals surface area (Å²) in [5, 5.41) is 3.16. The van der Waals surface area contributed by atoms with Crippen molar-refractivity contribution in [3.63, 3.8) is 0 Å². The molecule has 140 valence electrons. The Kier molecular flexibility index (Phi) is 5.48. The van der Waals surface area contributed by atoms with Gasteiger partial charge in [0.25, 0.3) is 12.3 Å². The highest BCUT2D eigenvalue weighted by Gasteiger charge is 2.21. The molecule has 0 aliphatic rings. The van der Waals surface area contributed by atoms with Crippen molar-refractivity contribution in [2.24, 2.45) is 7.05 Å². The van der Waals surface area contributed by atoms with Crippen molar-refractivity contribution in [1.29, 1.82) is 0 Å². The maximum Gasteiger partial charge on any atom is 0.266 e. The largest absolute Gasteiger partial charge is 0.356 e. The van der Waals surface area contributed by atoms with Crippen LogP contribution in [0.3, 0.4) is 0 Å². The van der Waals surface area contributed by atoms with E-state index in [1.54, 1.807) is 19.2 Å². The third-order valence-electron chi connectivity index (χ3n) is 3.93. The summed E-state index contributed by atoms with van der Waals surface area (Å²) < 4.78 is 41.4. The van der Waals surface area contributed by atoms with E-state index >= 15 is 0 Å². The van der Waals surface area contributed by atoms with Crippen molar-refractivity contribution in [1.82, 2.24) is 4.57 Å². The molecular formula is C19H13Cl2F3N2O. The fraction of sp³-hybridized carbons (Fsp3) is 0.105. The van der Waals surface area contributed by atoms with E-state index < -0.39 is 18.1 Å². The van der Waals surface area contributed by atoms with Crippen LogP contribution in [0.1, 0.15) is 22.3 Å². The van der Waals surface area contributed by atoms with Gasteiger partial charge in [-0.3, -0.25) is 4.79 Å². The van der Waals surface area contributed by atoms with E-state index in [1.807, 2.05) is 0 Å². The molecule has 1 aromatic heterocycles. The fourth-order valence-electron chi connectivity index (χ4n) is 2.69. The number of carbonyl (C=O) groups excluding carboxylic acids is 1. The molecule has 0 atom stereocenters. The van der Waals surface area contributed by atoms with E-state index in [2.05, 4.69) is 5.32 Å². The van der Waals surface area contributed by atoms with E-state index in [0.29, 0.717) is 16.1 Å². The SMILES string of the molecule is Cn1cc(C(=O)Nc2ccc(F)cc2-c2ccc(Cl)c(Cl)c2)c(C(F)F)c1. The molecule has 0 fully saturated rings. The zero-order valence-corrected chi connectivity index (χ0v) is 15.5. The molecule has 0 spiro atoms. The van der Waals surface area contributed by atoms with Crippen LogP contribution in [0.4, 0.5) is 18.9 Å². The van der Waals surface area contributed by atoms with Gasteiger partial charge in [-0.25, -0.2) is 13.2 Å². The van der Waals surface area contributed by atoms with Crippen LogP contribution >= 0.6 is 23.2 Å². The van der Waals surface area contributed by atoms with Crippen LogP contribution in [0, 0.1) is 5.82 Å². The van der Waals surface area contributed by atoms with E-state index in [-0.39, 0.29) is 21.8 Å². The van der Waals surface area contributed by atoms with Crippen molar-refractivity contribution in [3.8, 4) is 11.1 Å². The van der Waals surface area contributed by atoms with Gasteiger partial charge in [0, 0.05) is 36.3 Å². The van der Waals surface area contributed by atoms with Gasteiger partial charge >= 0.3 is 0 Å². The molecule has 3 rings (SSSR count). The van der Waals surface area contributed by atoms with Crippen molar-refractivity contribution in [3.05, 3.63) is 75.8 Å². The molecule has 0 radical (unpaired) electrons. The quantitative estimate of drug-likeness (QED) is 0.533. The molecule has 1 heterocycles. The first-order valence-corrected chi connectivity index (χ1v) is 8.52. The Morgan fingerprint density at radius 3 is 2.48 bits per heavy atom. The first-order valence-electron chi connectivity index (χ1n) is 7.76. The molecule has 0 saturated heterocycles. The number of benzene rings is 2. The lowest BCUT2D eigenvalue weighted by Crippen LogP contribution is -2.14. The Morgan fingerprint density at radius 2 is 1.81 bits per heavy atom. The van der Waals surface area contributed by atoms with E-state index in [0.717, 1.165) is 6.07 Å². The monoisotopic (exact) mass is 412 g/mol. The van der Waals surface area contributed by atoms with Crippen molar-refractivity contribution >= 4 is 34.8 Å². The van der Waals surface area contributed by atoms with Gasteiger partial charge < -0.3 is 9.88 Å². The minimum absolute atomic E-state index is 0.156. The minimum Gasteiger partial charge on any atom is -0.356 e. The lowest BCUT2D eigenvalue weighted by Gasteiger charge is -2.13. The average molecular weight is 413 g/mol. The predicted octanol–water partition coefficient (Wildman–Crippen LogP) is 6.33. The molecule has 3 aromatic rings. The summed E-state index contributed by atoms with van der Waals surface area (Å²) in [6, 6.07) is 8.43. The summed E-state index contributed by atoms with van der Waals surface area (Å²) in [6.07, 6.45) is -0.307. The van der Waals surface area contributed by atoms with Crippen molar-refractivity contribution in [2.75, 3.05) is 5.32 Å². The Morgan fingerprint density at radius 1 is 1.07 bits per heavy atom. The maximum absolute atomic E-state index is 13.8. The number of hydrogen-bond donors (Lipinski definition) is 1. The Balaban J connectivity index is 2.01. The highest BCUT2D eigenvalue weighted by atomic mass is 35.5. The van der Waals surface area contributed by atoms with E-state index in [1.165, 1.54) is 35.2 Å². The Hall–Kier alpha value is -2.44. The van der Waals surface area contributed by atoms with Gasteiger partial charge in [0.05, 0.1) is 15.6 Å². The molecule has 0 aliphatic carbocycles. The fourth-order valence-corrected chi connectivity index (χ4v) is 2.98. The number of anilines is 1. The van der Waals surface area contributed by atoms with Gasteiger partial charge in [-0.2, -0.15) is 0 Å². The second-order valence-electron chi connectivity index (χ2n) is 5.87. The summed E-state index contributed by atoms with van der Waals surface area (Å²) >= 11 is 11.9. The van der Waals surface area contributed by atoms with E-state index in [9.17, 15) is 18.0 Å². The van der Waals surface area contributed by atoms with Crippen LogP contribution in [-0.2, 0) is 7.05 Å². The number of amides is 1. The highest BCUT2D eigenvalue weighted by molar-refractivity contribution is 6.42. The Labute approximate surface area is 163 Å². The first-order chi connectivity index (χ1) is 12.8. The van der Waals surface area contributed by atoms with Crippen LogP contribution in [0.2, 0.25) is 10.0 Å². The normalized spacial score (nSPS) is 11.1. The number of nitrogens with one attached hydrogen (secondary N) is 1. The van der Waals surface area contributed by atoms with Gasteiger partial charge in [-0.15, -0.1) is 0 Å². The number of halogens is 5. The van der Waals surface area contributed by atoms with Gasteiger partial charge in [-0.1, -0.05) is 29.3 Å². The standard InChI is InChI=1S/C19H13Cl2F3N2O/c1-26-8-13(18(23)24)14(9-26)19(27)25-17-5-3-11(22)7-12(17)10-2-4-15(20)16(21)6-10/h2-9,18H,1H3,(H,25,27). The molecule has 0 aliphatic heterocycles. The second-order valence-corrected chi connectivity index (χ2v) is 6.68. The minimum atomic E-state index is -2.80. The molecule has 1 N–H and O–H groups in total. The topological polar surface area (TPSA) is 34.0 Å². The molecule has 0 unspecified atom stereocenters. The van der Waals surface area contributed by atoms with Gasteiger partial charge in [0.2, 0.25) is 0 Å². The first kappa shape index (κ1) is 19.3. The smallest absolute Gasteiger partial charge is 0.266 e. The van der Waals surface area contributed by atoms with Gasteiger partial charge in [0.15, 0.2) is 0 Å².